The van der Waals surface area contributed by atoms with Crippen LogP contribution in [0.5, 0.6) is 0 Å². The molecule has 26 heavy (non-hydrogen) atoms. The highest BCUT2D eigenvalue weighted by atomic mass is 16.2. The molecule has 1 N–H and O–H groups in total. The van der Waals surface area contributed by atoms with E-state index in [1.807, 2.05) is 29.2 Å². The highest BCUT2D eigenvalue weighted by molar-refractivity contribution is 6.03. The van der Waals surface area contributed by atoms with E-state index >= 15 is 0 Å². The predicted molar refractivity (Wildman–Crippen MR) is 104 cm³/mol. The van der Waals surface area contributed by atoms with Crippen molar-refractivity contribution in [3.63, 3.8) is 0 Å². The van der Waals surface area contributed by atoms with Crippen molar-refractivity contribution in [1.29, 1.82) is 0 Å². The topological polar surface area (TPSA) is 55.9 Å². The van der Waals surface area contributed by atoms with Gasteiger partial charge < -0.3 is 20.0 Å². The number of piperidine rings is 1. The number of rotatable bonds is 4. The van der Waals surface area contributed by atoms with Crippen molar-refractivity contribution in [1.82, 2.24) is 9.80 Å². The van der Waals surface area contributed by atoms with Crippen LogP contribution < -0.4 is 10.2 Å². The molecule has 2 heterocycles. The number of amides is 2. The zero-order valence-electron chi connectivity index (χ0n) is 15.9. The Kier molecular flexibility index (Phi) is 6.14. The SMILES string of the molecule is CC1CCN(C(=O)CC(=O)Nc2ccc(N3CCN(C)CC3)cc2)CC1. The fraction of sp³-hybridized carbons (Fsp3) is 0.600. The van der Waals surface area contributed by atoms with Gasteiger partial charge in [-0.05, 0) is 50.1 Å². The number of likely N-dealkylation sites (tertiary alicyclic amines) is 1. The van der Waals surface area contributed by atoms with E-state index in [9.17, 15) is 9.59 Å². The van der Waals surface area contributed by atoms with Crippen molar-refractivity contribution in [2.75, 3.05) is 56.5 Å². The lowest BCUT2D eigenvalue weighted by Crippen LogP contribution is -2.44. The molecule has 2 aliphatic heterocycles. The minimum Gasteiger partial charge on any atom is -0.369 e. The van der Waals surface area contributed by atoms with Crippen molar-refractivity contribution in [2.24, 2.45) is 5.92 Å². The smallest absolute Gasteiger partial charge is 0.233 e. The van der Waals surface area contributed by atoms with E-state index in [0.29, 0.717) is 5.92 Å². The van der Waals surface area contributed by atoms with E-state index in [4.69, 9.17) is 0 Å². The molecule has 0 atom stereocenters. The van der Waals surface area contributed by atoms with Gasteiger partial charge >= 0.3 is 0 Å². The average Bonchev–Trinajstić information content (AvgIpc) is 2.63. The molecule has 1 aromatic carbocycles. The lowest BCUT2D eigenvalue weighted by atomic mass is 9.99. The molecule has 142 valence electrons. The molecule has 2 fully saturated rings. The van der Waals surface area contributed by atoms with E-state index in [0.717, 1.165) is 57.8 Å². The Morgan fingerprint density at radius 1 is 1.00 bits per heavy atom. The zero-order chi connectivity index (χ0) is 18.5. The molecule has 0 spiro atoms. The molecule has 0 aliphatic carbocycles. The summed E-state index contributed by atoms with van der Waals surface area (Å²) in [5, 5.41) is 2.84. The summed E-state index contributed by atoms with van der Waals surface area (Å²) in [4.78, 5) is 30.9. The van der Waals surface area contributed by atoms with Gasteiger partial charge in [0.25, 0.3) is 0 Å². The average molecular weight is 358 g/mol. The second kappa shape index (κ2) is 8.54. The Balaban J connectivity index is 1.47. The molecule has 0 aromatic heterocycles. The third-order valence-corrected chi connectivity index (χ3v) is 5.47. The van der Waals surface area contributed by atoms with Crippen molar-refractivity contribution in [3.8, 4) is 0 Å². The standard InChI is InChI=1S/C20H30N4O2/c1-16-7-9-24(10-8-16)20(26)15-19(25)21-17-3-5-18(6-4-17)23-13-11-22(2)12-14-23/h3-6,16H,7-15H2,1-2H3,(H,21,25). The Hall–Kier alpha value is -2.08. The molecule has 2 aliphatic rings. The van der Waals surface area contributed by atoms with Crippen LogP contribution in [-0.2, 0) is 9.59 Å². The lowest BCUT2D eigenvalue weighted by Gasteiger charge is -2.34. The molecule has 0 radical (unpaired) electrons. The van der Waals surface area contributed by atoms with Crippen molar-refractivity contribution < 1.29 is 9.59 Å². The van der Waals surface area contributed by atoms with Crippen LogP contribution in [0.3, 0.4) is 0 Å². The molecule has 6 nitrogen and oxygen atoms in total. The summed E-state index contributed by atoms with van der Waals surface area (Å²) in [6.45, 7) is 7.92. The van der Waals surface area contributed by atoms with Gasteiger partial charge in [-0.3, -0.25) is 9.59 Å². The first-order valence-corrected chi connectivity index (χ1v) is 9.62. The molecule has 6 heteroatoms. The zero-order valence-corrected chi connectivity index (χ0v) is 15.9. The van der Waals surface area contributed by atoms with E-state index in [2.05, 4.69) is 29.1 Å². The van der Waals surface area contributed by atoms with Crippen LogP contribution in [0.1, 0.15) is 26.2 Å². The predicted octanol–water partition coefficient (Wildman–Crippen LogP) is 2.03. The van der Waals surface area contributed by atoms with Crippen molar-refractivity contribution >= 4 is 23.2 Å². The number of carbonyl (C=O) groups is 2. The Morgan fingerprint density at radius 3 is 2.23 bits per heavy atom. The number of anilines is 2. The number of nitrogens with zero attached hydrogens (tertiary/aromatic N) is 3. The summed E-state index contributed by atoms with van der Waals surface area (Å²) < 4.78 is 0. The second-order valence-corrected chi connectivity index (χ2v) is 7.63. The molecule has 2 amide bonds. The van der Waals surface area contributed by atoms with Gasteiger partial charge in [0.1, 0.15) is 6.42 Å². The van der Waals surface area contributed by atoms with Crippen molar-refractivity contribution in [2.45, 2.75) is 26.2 Å². The molecular weight excluding hydrogens is 328 g/mol. The highest BCUT2D eigenvalue weighted by Crippen LogP contribution is 2.20. The van der Waals surface area contributed by atoms with Crippen LogP contribution in [0, 0.1) is 5.92 Å². The number of piperazine rings is 1. The fourth-order valence-corrected chi connectivity index (χ4v) is 3.53. The van der Waals surface area contributed by atoms with Gasteiger partial charge in [-0.2, -0.15) is 0 Å². The first kappa shape index (κ1) is 18.7. The van der Waals surface area contributed by atoms with Gasteiger partial charge in [-0.15, -0.1) is 0 Å². The first-order chi connectivity index (χ1) is 12.5. The monoisotopic (exact) mass is 358 g/mol. The third kappa shape index (κ3) is 4.97. The Morgan fingerprint density at radius 2 is 1.62 bits per heavy atom. The Bertz CT molecular complexity index is 615. The summed E-state index contributed by atoms with van der Waals surface area (Å²) in [7, 11) is 2.14. The van der Waals surface area contributed by atoms with E-state index in [1.165, 1.54) is 5.69 Å². The summed E-state index contributed by atoms with van der Waals surface area (Å²) in [6.07, 6.45) is 1.98. The van der Waals surface area contributed by atoms with E-state index in [1.54, 1.807) is 0 Å². The quantitative estimate of drug-likeness (QED) is 0.837. The third-order valence-electron chi connectivity index (χ3n) is 5.47. The minimum absolute atomic E-state index is 0.0662. The van der Waals surface area contributed by atoms with E-state index in [-0.39, 0.29) is 18.2 Å². The van der Waals surface area contributed by atoms with Crippen LogP contribution in [0.25, 0.3) is 0 Å². The Labute approximate surface area is 156 Å². The summed E-state index contributed by atoms with van der Waals surface area (Å²) in [5.74, 6) is 0.371. The molecule has 1 aromatic rings. The van der Waals surface area contributed by atoms with Crippen molar-refractivity contribution in [3.05, 3.63) is 24.3 Å². The maximum absolute atomic E-state index is 12.2. The maximum Gasteiger partial charge on any atom is 0.233 e. The van der Waals surface area contributed by atoms with E-state index < -0.39 is 0 Å². The number of carbonyl (C=O) groups excluding carboxylic acids is 2. The fourth-order valence-electron chi connectivity index (χ4n) is 3.53. The number of hydrogen-bond donors (Lipinski definition) is 1. The van der Waals surface area contributed by atoms with Crippen LogP contribution in [-0.4, -0.2) is 67.9 Å². The summed E-state index contributed by atoms with van der Waals surface area (Å²) in [5.41, 5.74) is 1.92. The van der Waals surface area contributed by atoms with Gasteiger partial charge in [0, 0.05) is 50.6 Å². The molecule has 0 bridgehead atoms. The molecule has 0 unspecified atom stereocenters. The maximum atomic E-state index is 12.2. The van der Waals surface area contributed by atoms with Gasteiger partial charge in [0.2, 0.25) is 11.8 Å². The summed E-state index contributed by atoms with van der Waals surface area (Å²) in [6, 6.07) is 7.90. The van der Waals surface area contributed by atoms with Gasteiger partial charge in [-0.25, -0.2) is 0 Å². The number of benzene rings is 1. The minimum atomic E-state index is -0.235. The molecule has 0 saturated carbocycles. The van der Waals surface area contributed by atoms with Crippen LogP contribution in [0.2, 0.25) is 0 Å². The molecular formula is C20H30N4O2. The highest BCUT2D eigenvalue weighted by Gasteiger charge is 2.22. The van der Waals surface area contributed by atoms with Crippen LogP contribution >= 0.6 is 0 Å². The number of likely N-dealkylation sites (N-methyl/N-ethyl adjacent to an activating group) is 1. The molecule has 2 saturated heterocycles. The van der Waals surface area contributed by atoms with Gasteiger partial charge in [0.15, 0.2) is 0 Å². The number of hydrogen-bond acceptors (Lipinski definition) is 4. The number of nitrogens with one attached hydrogen (secondary N) is 1. The van der Waals surface area contributed by atoms with Gasteiger partial charge in [0.05, 0.1) is 0 Å². The van der Waals surface area contributed by atoms with Crippen LogP contribution in [0.15, 0.2) is 24.3 Å². The van der Waals surface area contributed by atoms with Crippen LogP contribution in [0.4, 0.5) is 11.4 Å². The normalized spacial score (nSPS) is 19.5. The first-order valence-electron chi connectivity index (χ1n) is 9.62. The lowest BCUT2D eigenvalue weighted by molar-refractivity contribution is -0.135. The second-order valence-electron chi connectivity index (χ2n) is 7.63. The summed E-state index contributed by atoms with van der Waals surface area (Å²) >= 11 is 0. The largest absolute Gasteiger partial charge is 0.369 e. The van der Waals surface area contributed by atoms with Gasteiger partial charge in [-0.1, -0.05) is 6.92 Å². The molecule has 3 rings (SSSR count).